The highest BCUT2D eigenvalue weighted by Gasteiger charge is 2.15. The number of alkyl carbamates (subject to hydrolysis) is 1. The standard InChI is InChI=1S/C15H22N4O3/c1-15(2,3)22-14(20)18-9-5-8-17-13-19-12-10(16)6-4-7-11(12)21-13/h4,6-7H,5,8-9,16H2,1-3H3,(H,17,19)(H,18,20). The van der Waals surface area contributed by atoms with Crippen LogP contribution in [0.5, 0.6) is 0 Å². The van der Waals surface area contributed by atoms with Gasteiger partial charge in [0.2, 0.25) is 0 Å². The quantitative estimate of drug-likeness (QED) is 0.580. The van der Waals surface area contributed by atoms with E-state index < -0.39 is 11.7 Å². The van der Waals surface area contributed by atoms with E-state index in [1.807, 2.05) is 32.9 Å². The molecule has 1 amide bonds. The van der Waals surface area contributed by atoms with E-state index >= 15 is 0 Å². The van der Waals surface area contributed by atoms with E-state index in [-0.39, 0.29) is 0 Å². The molecular weight excluding hydrogens is 284 g/mol. The van der Waals surface area contributed by atoms with Crippen LogP contribution in [0, 0.1) is 0 Å². The van der Waals surface area contributed by atoms with Crippen LogP contribution in [0.25, 0.3) is 11.1 Å². The van der Waals surface area contributed by atoms with Gasteiger partial charge in [-0.25, -0.2) is 4.79 Å². The number of carbonyl (C=O) groups excluding carboxylic acids is 1. The predicted molar refractivity (Wildman–Crippen MR) is 85.8 cm³/mol. The first-order valence-corrected chi connectivity index (χ1v) is 7.21. The fraction of sp³-hybridized carbons (Fsp3) is 0.467. The Kier molecular flexibility index (Phi) is 4.75. The third kappa shape index (κ3) is 4.54. The van der Waals surface area contributed by atoms with Crippen molar-refractivity contribution in [2.24, 2.45) is 0 Å². The fourth-order valence-electron chi connectivity index (χ4n) is 1.83. The smallest absolute Gasteiger partial charge is 0.407 e. The summed E-state index contributed by atoms with van der Waals surface area (Å²) in [6.45, 7) is 6.60. The number of nitrogens with two attached hydrogens (primary N) is 1. The third-order valence-corrected chi connectivity index (χ3v) is 2.75. The van der Waals surface area contributed by atoms with Crippen LogP contribution in [-0.2, 0) is 4.74 Å². The number of hydrogen-bond donors (Lipinski definition) is 3. The van der Waals surface area contributed by atoms with Crippen molar-refractivity contribution in [1.82, 2.24) is 10.3 Å². The zero-order valence-corrected chi connectivity index (χ0v) is 13.1. The van der Waals surface area contributed by atoms with E-state index in [9.17, 15) is 4.79 Å². The van der Waals surface area contributed by atoms with Gasteiger partial charge in [-0.05, 0) is 39.3 Å². The molecule has 0 unspecified atom stereocenters. The largest absolute Gasteiger partial charge is 0.444 e. The van der Waals surface area contributed by atoms with Crippen LogP contribution in [0.1, 0.15) is 27.2 Å². The molecule has 1 aromatic carbocycles. The molecule has 0 fully saturated rings. The number of anilines is 2. The molecule has 120 valence electrons. The summed E-state index contributed by atoms with van der Waals surface area (Å²) in [4.78, 5) is 15.7. The van der Waals surface area contributed by atoms with Gasteiger partial charge >= 0.3 is 6.09 Å². The summed E-state index contributed by atoms with van der Waals surface area (Å²) < 4.78 is 10.7. The molecule has 0 bridgehead atoms. The summed E-state index contributed by atoms with van der Waals surface area (Å²) in [5.74, 6) is 0. The summed E-state index contributed by atoms with van der Waals surface area (Å²) in [6, 6.07) is 5.83. The summed E-state index contributed by atoms with van der Waals surface area (Å²) in [5, 5.41) is 5.75. The van der Waals surface area contributed by atoms with Crippen molar-refractivity contribution >= 4 is 28.9 Å². The molecule has 0 aliphatic rings. The van der Waals surface area contributed by atoms with Crippen LogP contribution in [0.15, 0.2) is 22.6 Å². The molecule has 0 saturated heterocycles. The number of rotatable bonds is 5. The zero-order valence-electron chi connectivity index (χ0n) is 13.1. The number of fused-ring (bicyclic) bond motifs is 1. The lowest BCUT2D eigenvalue weighted by Crippen LogP contribution is -2.33. The summed E-state index contributed by atoms with van der Waals surface area (Å²) >= 11 is 0. The maximum atomic E-state index is 11.4. The maximum Gasteiger partial charge on any atom is 0.407 e. The molecule has 7 heteroatoms. The summed E-state index contributed by atoms with van der Waals surface area (Å²) in [5.41, 5.74) is 7.21. The Morgan fingerprint density at radius 1 is 1.36 bits per heavy atom. The van der Waals surface area contributed by atoms with Gasteiger partial charge in [0, 0.05) is 13.1 Å². The summed E-state index contributed by atoms with van der Waals surface area (Å²) in [6.07, 6.45) is 0.301. The minimum Gasteiger partial charge on any atom is -0.444 e. The molecule has 2 rings (SSSR count). The van der Waals surface area contributed by atoms with Crippen molar-refractivity contribution in [2.45, 2.75) is 32.8 Å². The van der Waals surface area contributed by atoms with Crippen molar-refractivity contribution in [2.75, 3.05) is 24.1 Å². The van der Waals surface area contributed by atoms with Gasteiger partial charge in [-0.1, -0.05) is 6.07 Å². The van der Waals surface area contributed by atoms with Crippen LogP contribution in [0.4, 0.5) is 16.5 Å². The second-order valence-corrected chi connectivity index (χ2v) is 5.92. The average molecular weight is 306 g/mol. The lowest BCUT2D eigenvalue weighted by molar-refractivity contribution is 0.0528. The topological polar surface area (TPSA) is 102 Å². The number of benzene rings is 1. The summed E-state index contributed by atoms with van der Waals surface area (Å²) in [7, 11) is 0. The SMILES string of the molecule is CC(C)(C)OC(=O)NCCCNc1nc2c(N)cccc2o1. The van der Waals surface area contributed by atoms with Gasteiger partial charge in [-0.3, -0.25) is 0 Å². The number of ether oxygens (including phenoxy) is 1. The number of nitrogen functional groups attached to an aromatic ring is 1. The van der Waals surface area contributed by atoms with Gasteiger partial charge in [-0.15, -0.1) is 0 Å². The molecule has 2 aromatic rings. The number of hydrogen-bond acceptors (Lipinski definition) is 6. The third-order valence-electron chi connectivity index (χ3n) is 2.75. The normalized spacial score (nSPS) is 11.4. The molecule has 1 heterocycles. The number of oxazole rings is 1. The van der Waals surface area contributed by atoms with Crippen molar-refractivity contribution in [3.63, 3.8) is 0 Å². The number of carbonyl (C=O) groups is 1. The molecule has 0 atom stereocenters. The second-order valence-electron chi connectivity index (χ2n) is 5.92. The lowest BCUT2D eigenvalue weighted by atomic mass is 10.2. The highest BCUT2D eigenvalue weighted by atomic mass is 16.6. The molecule has 7 nitrogen and oxygen atoms in total. The van der Waals surface area contributed by atoms with Crippen LogP contribution in [0.3, 0.4) is 0 Å². The molecule has 0 saturated carbocycles. The van der Waals surface area contributed by atoms with Crippen LogP contribution >= 0.6 is 0 Å². The Bertz CT molecular complexity index is 646. The molecule has 22 heavy (non-hydrogen) atoms. The number of aromatic nitrogens is 1. The van der Waals surface area contributed by atoms with Gasteiger partial charge in [0.05, 0.1) is 5.69 Å². The van der Waals surface area contributed by atoms with E-state index in [2.05, 4.69) is 15.6 Å². The number of nitrogens with one attached hydrogen (secondary N) is 2. The van der Waals surface area contributed by atoms with E-state index in [0.29, 0.717) is 42.3 Å². The van der Waals surface area contributed by atoms with Crippen LogP contribution < -0.4 is 16.4 Å². The molecule has 1 aromatic heterocycles. The second kappa shape index (κ2) is 6.55. The maximum absolute atomic E-state index is 11.4. The van der Waals surface area contributed by atoms with Crippen molar-refractivity contribution < 1.29 is 13.9 Å². The Morgan fingerprint density at radius 3 is 2.82 bits per heavy atom. The van der Waals surface area contributed by atoms with Gasteiger partial charge < -0.3 is 25.5 Å². The minimum absolute atomic E-state index is 0.415. The van der Waals surface area contributed by atoms with Gasteiger partial charge in [0.25, 0.3) is 6.01 Å². The highest BCUT2D eigenvalue weighted by Crippen LogP contribution is 2.23. The lowest BCUT2D eigenvalue weighted by Gasteiger charge is -2.19. The van der Waals surface area contributed by atoms with Crippen LogP contribution in [-0.4, -0.2) is 29.8 Å². The molecule has 0 aliphatic carbocycles. The molecular formula is C15H22N4O3. The predicted octanol–water partition coefficient (Wildman–Crippen LogP) is 2.74. The van der Waals surface area contributed by atoms with Gasteiger partial charge in [0.15, 0.2) is 5.58 Å². The minimum atomic E-state index is -0.486. The zero-order chi connectivity index (χ0) is 16.2. The van der Waals surface area contributed by atoms with Crippen molar-refractivity contribution in [3.8, 4) is 0 Å². The molecule has 0 radical (unpaired) electrons. The molecule has 0 aliphatic heterocycles. The Balaban J connectivity index is 1.72. The average Bonchev–Trinajstić information content (AvgIpc) is 2.80. The Labute approximate surface area is 129 Å². The highest BCUT2D eigenvalue weighted by molar-refractivity contribution is 5.86. The van der Waals surface area contributed by atoms with E-state index in [0.717, 1.165) is 0 Å². The monoisotopic (exact) mass is 306 g/mol. The number of nitrogens with zero attached hydrogens (tertiary/aromatic N) is 1. The van der Waals surface area contributed by atoms with E-state index in [1.54, 1.807) is 6.07 Å². The van der Waals surface area contributed by atoms with E-state index in [4.69, 9.17) is 14.9 Å². The molecule has 0 spiro atoms. The first-order chi connectivity index (χ1) is 10.3. The van der Waals surface area contributed by atoms with Gasteiger partial charge in [0.1, 0.15) is 11.1 Å². The first kappa shape index (κ1) is 15.9. The molecule has 4 N–H and O–H groups in total. The first-order valence-electron chi connectivity index (χ1n) is 7.21. The number of amides is 1. The Morgan fingerprint density at radius 2 is 2.14 bits per heavy atom. The fourth-order valence-corrected chi connectivity index (χ4v) is 1.83. The van der Waals surface area contributed by atoms with Crippen molar-refractivity contribution in [3.05, 3.63) is 18.2 Å². The Hall–Kier alpha value is -2.44. The number of para-hydroxylation sites is 1. The van der Waals surface area contributed by atoms with Gasteiger partial charge in [-0.2, -0.15) is 4.98 Å². The van der Waals surface area contributed by atoms with Crippen molar-refractivity contribution in [1.29, 1.82) is 0 Å². The van der Waals surface area contributed by atoms with E-state index in [1.165, 1.54) is 0 Å². The van der Waals surface area contributed by atoms with Crippen LogP contribution in [0.2, 0.25) is 0 Å².